The standard InChI is InChI=1S/C22H33N3O3.ClH/c1-2-13-25(19-8-12-23-17-19)22(27)18-9-14-24(15-10-18)21(26)11-16-28-20-6-4-3-5-7-20;/h3-7,18-19,23H,2,8-17H2,1H3;1H. The molecule has 2 saturated heterocycles. The van der Waals surface area contributed by atoms with E-state index in [9.17, 15) is 9.59 Å². The Morgan fingerprint density at radius 1 is 1.17 bits per heavy atom. The van der Waals surface area contributed by atoms with Crippen molar-refractivity contribution in [3.63, 3.8) is 0 Å². The van der Waals surface area contributed by atoms with E-state index in [0.29, 0.717) is 32.2 Å². The van der Waals surface area contributed by atoms with Crippen LogP contribution in [0.3, 0.4) is 0 Å². The number of halogens is 1. The van der Waals surface area contributed by atoms with Gasteiger partial charge in [0.15, 0.2) is 0 Å². The van der Waals surface area contributed by atoms with Crippen molar-refractivity contribution in [3.8, 4) is 5.75 Å². The van der Waals surface area contributed by atoms with Crippen molar-refractivity contribution in [1.29, 1.82) is 0 Å². The average Bonchev–Trinajstić information content (AvgIpc) is 3.27. The number of piperidine rings is 1. The molecular formula is C22H34ClN3O3. The molecule has 1 unspecified atom stereocenters. The fourth-order valence-electron chi connectivity index (χ4n) is 4.16. The fraction of sp³-hybridized carbons (Fsp3) is 0.636. The lowest BCUT2D eigenvalue weighted by Gasteiger charge is -2.36. The Hall–Kier alpha value is -1.79. The first-order valence-electron chi connectivity index (χ1n) is 10.7. The average molecular weight is 424 g/mol. The Bertz CT molecular complexity index is 629. The third-order valence-corrected chi connectivity index (χ3v) is 5.75. The van der Waals surface area contributed by atoms with Crippen LogP contribution in [0.2, 0.25) is 0 Å². The smallest absolute Gasteiger partial charge is 0.226 e. The van der Waals surface area contributed by atoms with Gasteiger partial charge in [0, 0.05) is 38.1 Å². The molecule has 29 heavy (non-hydrogen) atoms. The molecule has 0 radical (unpaired) electrons. The number of para-hydroxylation sites is 1. The molecule has 7 heteroatoms. The van der Waals surface area contributed by atoms with Gasteiger partial charge in [-0.05, 0) is 44.4 Å². The maximum atomic E-state index is 13.1. The lowest BCUT2D eigenvalue weighted by Crippen LogP contribution is -2.48. The summed E-state index contributed by atoms with van der Waals surface area (Å²) < 4.78 is 5.63. The predicted octanol–water partition coefficient (Wildman–Crippen LogP) is 2.72. The van der Waals surface area contributed by atoms with Gasteiger partial charge in [-0.2, -0.15) is 0 Å². The van der Waals surface area contributed by atoms with E-state index in [0.717, 1.165) is 51.1 Å². The quantitative estimate of drug-likeness (QED) is 0.698. The summed E-state index contributed by atoms with van der Waals surface area (Å²) in [6.45, 7) is 6.59. The zero-order valence-electron chi connectivity index (χ0n) is 17.3. The number of amides is 2. The molecule has 2 heterocycles. The molecule has 2 amide bonds. The Balaban J connectivity index is 0.00000300. The monoisotopic (exact) mass is 423 g/mol. The number of hydrogen-bond donors (Lipinski definition) is 1. The summed E-state index contributed by atoms with van der Waals surface area (Å²) in [6, 6.07) is 9.90. The first-order chi connectivity index (χ1) is 13.7. The number of nitrogens with one attached hydrogen (secondary N) is 1. The molecule has 2 aliphatic heterocycles. The lowest BCUT2D eigenvalue weighted by molar-refractivity contribution is -0.142. The Morgan fingerprint density at radius 3 is 2.52 bits per heavy atom. The van der Waals surface area contributed by atoms with Crippen molar-refractivity contribution in [2.75, 3.05) is 39.3 Å². The Kier molecular flexibility index (Phi) is 9.74. The number of carbonyl (C=O) groups excluding carboxylic acids is 2. The normalized spacial score (nSPS) is 19.5. The molecule has 2 fully saturated rings. The van der Waals surface area contributed by atoms with Crippen LogP contribution in [0.4, 0.5) is 0 Å². The molecule has 1 atom stereocenters. The highest BCUT2D eigenvalue weighted by Crippen LogP contribution is 2.23. The zero-order valence-corrected chi connectivity index (χ0v) is 18.2. The summed E-state index contributed by atoms with van der Waals surface area (Å²) >= 11 is 0. The summed E-state index contributed by atoms with van der Waals surface area (Å²) in [5.41, 5.74) is 0. The molecule has 6 nitrogen and oxygen atoms in total. The molecule has 1 aromatic carbocycles. The minimum atomic E-state index is 0. The van der Waals surface area contributed by atoms with E-state index in [1.54, 1.807) is 0 Å². The largest absolute Gasteiger partial charge is 0.493 e. The number of carbonyl (C=O) groups is 2. The van der Waals surface area contributed by atoms with Crippen molar-refractivity contribution in [2.45, 2.75) is 45.1 Å². The van der Waals surface area contributed by atoms with E-state index in [1.165, 1.54) is 0 Å². The van der Waals surface area contributed by atoms with Crippen LogP contribution in [0.25, 0.3) is 0 Å². The molecule has 0 bridgehead atoms. The molecule has 0 aliphatic carbocycles. The second-order valence-corrected chi connectivity index (χ2v) is 7.74. The van der Waals surface area contributed by atoms with E-state index in [2.05, 4.69) is 17.1 Å². The van der Waals surface area contributed by atoms with E-state index in [-0.39, 0.29) is 30.1 Å². The topological polar surface area (TPSA) is 61.9 Å². The minimum Gasteiger partial charge on any atom is -0.493 e. The molecular weight excluding hydrogens is 390 g/mol. The van der Waals surface area contributed by atoms with Crippen LogP contribution in [-0.2, 0) is 9.59 Å². The minimum absolute atomic E-state index is 0. The van der Waals surface area contributed by atoms with Crippen molar-refractivity contribution in [2.24, 2.45) is 5.92 Å². The Labute approximate surface area is 180 Å². The molecule has 0 spiro atoms. The van der Waals surface area contributed by atoms with Gasteiger partial charge in [0.05, 0.1) is 13.0 Å². The maximum absolute atomic E-state index is 13.1. The van der Waals surface area contributed by atoms with Gasteiger partial charge in [0.1, 0.15) is 5.75 Å². The second kappa shape index (κ2) is 12.0. The summed E-state index contributed by atoms with van der Waals surface area (Å²) in [7, 11) is 0. The van der Waals surface area contributed by atoms with Gasteiger partial charge >= 0.3 is 0 Å². The van der Waals surface area contributed by atoms with Crippen LogP contribution < -0.4 is 10.1 Å². The van der Waals surface area contributed by atoms with Crippen LogP contribution in [0.15, 0.2) is 30.3 Å². The molecule has 162 valence electrons. The van der Waals surface area contributed by atoms with Gasteiger partial charge in [0.25, 0.3) is 0 Å². The van der Waals surface area contributed by atoms with E-state index < -0.39 is 0 Å². The van der Waals surface area contributed by atoms with Gasteiger partial charge in [-0.3, -0.25) is 9.59 Å². The number of rotatable bonds is 8. The number of benzene rings is 1. The summed E-state index contributed by atoms with van der Waals surface area (Å²) in [4.78, 5) is 29.5. The van der Waals surface area contributed by atoms with Crippen molar-refractivity contribution in [1.82, 2.24) is 15.1 Å². The van der Waals surface area contributed by atoms with Crippen LogP contribution in [0.1, 0.15) is 39.0 Å². The highest BCUT2D eigenvalue weighted by Gasteiger charge is 2.33. The van der Waals surface area contributed by atoms with Gasteiger partial charge in [-0.25, -0.2) is 0 Å². The Morgan fingerprint density at radius 2 is 1.90 bits per heavy atom. The SMILES string of the molecule is CCCN(C(=O)C1CCN(C(=O)CCOc2ccccc2)CC1)C1CCNC1.Cl. The van der Waals surface area contributed by atoms with E-state index in [1.807, 2.05) is 35.2 Å². The molecule has 0 saturated carbocycles. The third-order valence-electron chi connectivity index (χ3n) is 5.75. The number of likely N-dealkylation sites (tertiary alicyclic amines) is 1. The molecule has 1 N–H and O–H groups in total. The number of ether oxygens (including phenoxy) is 1. The van der Waals surface area contributed by atoms with E-state index >= 15 is 0 Å². The summed E-state index contributed by atoms with van der Waals surface area (Å²) in [5.74, 6) is 1.25. The summed E-state index contributed by atoms with van der Waals surface area (Å²) in [6.07, 6.45) is 3.95. The van der Waals surface area contributed by atoms with Gasteiger partial charge < -0.3 is 19.9 Å². The molecule has 1 aromatic rings. The van der Waals surface area contributed by atoms with E-state index in [4.69, 9.17) is 4.74 Å². The first-order valence-corrected chi connectivity index (χ1v) is 10.7. The highest BCUT2D eigenvalue weighted by molar-refractivity contribution is 5.85. The van der Waals surface area contributed by atoms with Crippen molar-refractivity contribution < 1.29 is 14.3 Å². The van der Waals surface area contributed by atoms with Crippen LogP contribution in [0, 0.1) is 5.92 Å². The zero-order chi connectivity index (χ0) is 19.8. The van der Waals surface area contributed by atoms with Gasteiger partial charge in [-0.1, -0.05) is 25.1 Å². The number of hydrogen-bond acceptors (Lipinski definition) is 4. The molecule has 3 rings (SSSR count). The maximum Gasteiger partial charge on any atom is 0.226 e. The molecule has 2 aliphatic rings. The second-order valence-electron chi connectivity index (χ2n) is 7.74. The highest BCUT2D eigenvalue weighted by atomic mass is 35.5. The lowest BCUT2D eigenvalue weighted by atomic mass is 9.94. The third kappa shape index (κ3) is 6.61. The summed E-state index contributed by atoms with van der Waals surface area (Å²) in [5, 5.41) is 3.36. The predicted molar refractivity (Wildman–Crippen MR) is 116 cm³/mol. The molecule has 0 aromatic heterocycles. The van der Waals surface area contributed by atoms with Crippen LogP contribution in [-0.4, -0.2) is 67.0 Å². The van der Waals surface area contributed by atoms with Crippen LogP contribution in [0.5, 0.6) is 5.75 Å². The van der Waals surface area contributed by atoms with Crippen LogP contribution >= 0.6 is 12.4 Å². The van der Waals surface area contributed by atoms with Gasteiger partial charge in [0.2, 0.25) is 11.8 Å². The number of nitrogens with zero attached hydrogens (tertiary/aromatic N) is 2. The van der Waals surface area contributed by atoms with Gasteiger partial charge in [-0.15, -0.1) is 12.4 Å². The first kappa shape index (κ1) is 23.5. The fourth-order valence-corrected chi connectivity index (χ4v) is 4.16. The van der Waals surface area contributed by atoms with Crippen molar-refractivity contribution >= 4 is 24.2 Å². The van der Waals surface area contributed by atoms with Crippen molar-refractivity contribution in [3.05, 3.63) is 30.3 Å².